The lowest BCUT2D eigenvalue weighted by molar-refractivity contribution is -0.388. The Hall–Kier alpha value is -2.61. The Bertz CT molecular complexity index is 994. The fourth-order valence-corrected chi connectivity index (χ4v) is 3.85. The molecule has 0 aliphatic rings. The lowest BCUT2D eigenvalue weighted by Crippen LogP contribution is -2.20. The van der Waals surface area contributed by atoms with Crippen molar-refractivity contribution in [2.75, 3.05) is 11.1 Å². The predicted octanol–water partition coefficient (Wildman–Crippen LogP) is 4.97. The third-order valence-electron chi connectivity index (χ3n) is 3.34. The Morgan fingerprint density at radius 1 is 1.10 bits per heavy atom. The van der Waals surface area contributed by atoms with Crippen LogP contribution in [0.25, 0.3) is 0 Å². The summed E-state index contributed by atoms with van der Waals surface area (Å²) < 4.78 is 87.7. The van der Waals surface area contributed by atoms with Crippen molar-refractivity contribution in [1.29, 1.82) is 0 Å². The molecule has 30 heavy (non-hydrogen) atoms. The zero-order valence-electron chi connectivity index (χ0n) is 14.4. The van der Waals surface area contributed by atoms with E-state index in [1.54, 1.807) is 0 Å². The van der Waals surface area contributed by atoms with Gasteiger partial charge in [0.05, 0.1) is 21.3 Å². The fourth-order valence-electron chi connectivity index (χ4n) is 2.19. The van der Waals surface area contributed by atoms with E-state index < -0.39 is 67.0 Å². The molecule has 1 N–H and O–H groups in total. The first kappa shape index (κ1) is 23.7. The minimum Gasteiger partial charge on any atom is -0.325 e. The van der Waals surface area contributed by atoms with E-state index >= 15 is 0 Å². The molecule has 6 nitrogen and oxygen atoms in total. The van der Waals surface area contributed by atoms with Crippen molar-refractivity contribution in [2.45, 2.75) is 21.5 Å². The van der Waals surface area contributed by atoms with E-state index in [0.717, 1.165) is 12.1 Å². The van der Waals surface area contributed by atoms with Crippen LogP contribution in [0, 0.1) is 10.1 Å². The molecule has 1 atom stereocenters. The smallest absolute Gasteiger partial charge is 0.325 e. The molecule has 0 saturated carbocycles. The summed E-state index contributed by atoms with van der Waals surface area (Å²) in [5.41, 5.74) is -6.99. The number of anilines is 1. The van der Waals surface area contributed by atoms with Gasteiger partial charge >= 0.3 is 11.7 Å². The van der Waals surface area contributed by atoms with Crippen molar-refractivity contribution in [3.8, 4) is 0 Å². The molecule has 2 aromatic rings. The summed E-state index contributed by atoms with van der Waals surface area (Å²) in [6, 6.07) is 6.02. The number of alkyl halides is 6. The maximum atomic E-state index is 12.7. The number of carbonyl (C=O) groups is 1. The molecule has 0 heterocycles. The number of nitrogens with zero attached hydrogens (tertiary/aromatic N) is 1. The van der Waals surface area contributed by atoms with E-state index in [-0.39, 0.29) is 16.6 Å². The molecule has 162 valence electrons. The molecule has 0 bridgehead atoms. The summed E-state index contributed by atoms with van der Waals surface area (Å²) >= 11 is -0.417. The van der Waals surface area contributed by atoms with E-state index in [9.17, 15) is 45.5 Å². The second-order valence-electron chi connectivity index (χ2n) is 5.55. The zero-order chi connectivity index (χ0) is 22.7. The Morgan fingerprint density at radius 2 is 1.77 bits per heavy atom. The lowest BCUT2D eigenvalue weighted by Gasteiger charge is -2.10. The highest BCUT2D eigenvalue weighted by atomic mass is 32.2. The van der Waals surface area contributed by atoms with E-state index in [4.69, 9.17) is 0 Å². The monoisotopic (exact) mass is 472 g/mol. The number of hydrogen-bond donors (Lipinski definition) is 1. The lowest BCUT2D eigenvalue weighted by atomic mass is 10.2. The normalized spacial score (nSPS) is 13.0. The van der Waals surface area contributed by atoms with Gasteiger partial charge in [0.1, 0.15) is 10.6 Å². The topological polar surface area (TPSA) is 89.3 Å². The summed E-state index contributed by atoms with van der Waals surface area (Å²) in [5, 5.41) is 13.2. The number of thioether (sulfide) groups is 1. The molecule has 0 aliphatic heterocycles. The third-order valence-corrected chi connectivity index (χ3v) is 5.42. The van der Waals surface area contributed by atoms with Gasteiger partial charge in [-0.2, -0.15) is 26.3 Å². The second-order valence-corrected chi connectivity index (χ2v) is 8.11. The van der Waals surface area contributed by atoms with Crippen molar-refractivity contribution < 1.29 is 40.3 Å². The van der Waals surface area contributed by atoms with Crippen LogP contribution in [-0.2, 0) is 21.8 Å². The second kappa shape index (κ2) is 9.04. The predicted molar refractivity (Wildman–Crippen MR) is 96.4 cm³/mol. The van der Waals surface area contributed by atoms with Crippen molar-refractivity contribution in [1.82, 2.24) is 0 Å². The van der Waals surface area contributed by atoms with Crippen LogP contribution in [-0.4, -0.2) is 26.3 Å². The molecule has 0 fully saturated rings. The number of rotatable bonds is 6. The summed E-state index contributed by atoms with van der Waals surface area (Å²) in [6.07, 6.45) is -4.86. The molecule has 2 aromatic carbocycles. The van der Waals surface area contributed by atoms with Crippen LogP contribution in [0.3, 0.4) is 0 Å². The average Bonchev–Trinajstić information content (AvgIpc) is 2.59. The summed E-state index contributed by atoms with van der Waals surface area (Å²) in [5.74, 6) is -1.82. The molecule has 2 rings (SSSR count). The van der Waals surface area contributed by atoms with Gasteiger partial charge in [-0.1, -0.05) is 6.07 Å². The van der Waals surface area contributed by atoms with Gasteiger partial charge in [-0.15, -0.1) is 0 Å². The number of benzene rings is 2. The van der Waals surface area contributed by atoms with Crippen molar-refractivity contribution in [2.24, 2.45) is 0 Å². The van der Waals surface area contributed by atoms with Gasteiger partial charge in [-0.25, -0.2) is 0 Å². The number of hydrogen-bond acceptors (Lipinski definition) is 5. The highest BCUT2D eigenvalue weighted by Crippen LogP contribution is 2.37. The van der Waals surface area contributed by atoms with Gasteiger partial charge in [0.2, 0.25) is 5.91 Å². The SMILES string of the molecule is O=C(CS(=O)c1ccc(C(F)(F)F)cc1[N+](=O)[O-])Nc1cccc(SC(F)(F)F)c1. The van der Waals surface area contributed by atoms with Crippen molar-refractivity contribution >= 4 is 39.8 Å². The Balaban J connectivity index is 2.16. The maximum absolute atomic E-state index is 12.7. The minimum atomic E-state index is -4.86. The number of amides is 1. The number of nitro groups is 1. The Labute approximate surface area is 171 Å². The van der Waals surface area contributed by atoms with E-state index in [1.807, 2.05) is 0 Å². The highest BCUT2D eigenvalue weighted by molar-refractivity contribution is 8.00. The Morgan fingerprint density at radius 3 is 2.33 bits per heavy atom. The van der Waals surface area contributed by atoms with Gasteiger partial charge in [0, 0.05) is 16.6 Å². The zero-order valence-corrected chi connectivity index (χ0v) is 16.0. The van der Waals surface area contributed by atoms with Gasteiger partial charge < -0.3 is 5.32 Å². The molecule has 1 amide bonds. The summed E-state index contributed by atoms with van der Waals surface area (Å²) in [7, 11) is -2.38. The molecule has 14 heteroatoms. The number of nitro benzene ring substituents is 1. The average molecular weight is 472 g/mol. The molecular weight excluding hydrogens is 462 g/mol. The van der Waals surface area contributed by atoms with Crippen LogP contribution in [0.1, 0.15) is 5.56 Å². The molecule has 0 aliphatic carbocycles. The molecule has 1 unspecified atom stereocenters. The van der Waals surface area contributed by atoms with Crippen LogP contribution in [0.4, 0.5) is 37.7 Å². The first-order chi connectivity index (χ1) is 13.8. The highest BCUT2D eigenvalue weighted by Gasteiger charge is 2.34. The minimum absolute atomic E-state index is 0.0480. The van der Waals surface area contributed by atoms with Gasteiger partial charge in [0.15, 0.2) is 0 Å². The van der Waals surface area contributed by atoms with Crippen molar-refractivity contribution in [3.63, 3.8) is 0 Å². The van der Waals surface area contributed by atoms with E-state index in [1.165, 1.54) is 12.1 Å². The molecule has 0 saturated heterocycles. The summed E-state index contributed by atoms with van der Waals surface area (Å²) in [6.45, 7) is 0. The van der Waals surface area contributed by atoms with Crippen LogP contribution < -0.4 is 5.32 Å². The fraction of sp³-hybridized carbons (Fsp3) is 0.188. The van der Waals surface area contributed by atoms with Gasteiger partial charge in [-0.3, -0.25) is 19.1 Å². The van der Waals surface area contributed by atoms with Gasteiger partial charge in [-0.05, 0) is 42.1 Å². The van der Waals surface area contributed by atoms with Crippen LogP contribution >= 0.6 is 11.8 Å². The van der Waals surface area contributed by atoms with E-state index in [2.05, 4.69) is 5.32 Å². The molecule has 0 spiro atoms. The maximum Gasteiger partial charge on any atom is 0.446 e. The summed E-state index contributed by atoms with van der Waals surface area (Å²) in [4.78, 5) is 21.1. The molecule has 0 radical (unpaired) electrons. The van der Waals surface area contributed by atoms with Crippen LogP contribution in [0.5, 0.6) is 0 Å². The Kier molecular flexibility index (Phi) is 7.13. The number of nitrogens with one attached hydrogen (secondary N) is 1. The van der Waals surface area contributed by atoms with Crippen LogP contribution in [0.15, 0.2) is 52.3 Å². The van der Waals surface area contributed by atoms with E-state index in [0.29, 0.717) is 12.1 Å². The van der Waals surface area contributed by atoms with Crippen molar-refractivity contribution in [3.05, 3.63) is 58.1 Å². The van der Waals surface area contributed by atoms with Crippen LogP contribution in [0.2, 0.25) is 0 Å². The van der Waals surface area contributed by atoms with Gasteiger partial charge in [0.25, 0.3) is 5.69 Å². The molecular formula is C16H10F6N2O4S2. The number of carbonyl (C=O) groups excluding carboxylic acids is 1. The number of halogens is 6. The largest absolute Gasteiger partial charge is 0.446 e. The molecule has 0 aromatic heterocycles. The first-order valence-electron chi connectivity index (χ1n) is 7.66. The third kappa shape index (κ3) is 6.73. The first-order valence-corrected chi connectivity index (χ1v) is 9.79. The standard InChI is InChI=1S/C16H10F6N2O4S2/c17-15(18,19)9-4-5-13(12(6-9)24(26)27)30(28)8-14(25)23-10-2-1-3-11(7-10)29-16(20,21)22/h1-7H,8H2,(H,23,25). The quantitative estimate of drug-likeness (QED) is 0.278.